The number of carbonyl (C=O) groups excluding carboxylic acids is 2. The molecule has 4 saturated carbocycles. The zero-order chi connectivity index (χ0) is 18.5. The summed E-state index contributed by atoms with van der Waals surface area (Å²) in [6.45, 7) is -0.493. The minimum absolute atomic E-state index is 0.0917. The number of benzene rings is 1. The zero-order valence-corrected chi connectivity index (χ0v) is 14.3. The van der Waals surface area contributed by atoms with E-state index in [1.54, 1.807) is 0 Å². The van der Waals surface area contributed by atoms with Crippen LogP contribution in [0, 0.1) is 28.9 Å². The molecule has 1 aromatic rings. The Kier molecular flexibility index (Phi) is 4.02. The maximum absolute atomic E-state index is 13.2. The van der Waals surface area contributed by atoms with Crippen LogP contribution in [0.25, 0.3) is 0 Å². The number of esters is 1. The van der Waals surface area contributed by atoms with Gasteiger partial charge in [0.05, 0.1) is 11.0 Å². The van der Waals surface area contributed by atoms with Gasteiger partial charge < -0.3 is 15.2 Å². The van der Waals surface area contributed by atoms with Gasteiger partial charge in [-0.1, -0.05) is 0 Å². The van der Waals surface area contributed by atoms with Crippen LogP contribution in [-0.4, -0.2) is 29.2 Å². The van der Waals surface area contributed by atoms with Crippen LogP contribution in [0.1, 0.15) is 38.5 Å². The summed E-state index contributed by atoms with van der Waals surface area (Å²) >= 11 is 0. The quantitative estimate of drug-likeness (QED) is 0.805. The fourth-order valence-electron chi connectivity index (χ4n) is 5.51. The molecule has 2 unspecified atom stereocenters. The van der Waals surface area contributed by atoms with E-state index < -0.39 is 41.1 Å². The molecule has 0 spiro atoms. The van der Waals surface area contributed by atoms with E-state index in [0.29, 0.717) is 31.1 Å². The summed E-state index contributed by atoms with van der Waals surface area (Å²) in [4.78, 5) is 24.6. The van der Waals surface area contributed by atoms with Crippen LogP contribution in [0.15, 0.2) is 18.2 Å². The molecule has 4 bridgehead atoms. The molecular formula is C19H21F2NO4. The standard InChI is InChI=1S/C19H21F2NO4/c20-14-2-1-13(4-15(14)21)22-16(23)9-26-17(24)18-5-11-3-12(6-18)8-19(25,7-11)10-18/h1-2,4,11-12,25H,3,5-10H2,(H,22,23). The molecule has 4 aliphatic rings. The van der Waals surface area contributed by atoms with E-state index in [2.05, 4.69) is 5.32 Å². The summed E-state index contributed by atoms with van der Waals surface area (Å²) in [7, 11) is 0. The maximum Gasteiger partial charge on any atom is 0.312 e. The maximum atomic E-state index is 13.2. The summed E-state index contributed by atoms with van der Waals surface area (Å²) in [5.41, 5.74) is -1.38. The highest BCUT2D eigenvalue weighted by Gasteiger charge is 2.60. The second-order valence-electron chi connectivity index (χ2n) is 8.22. The van der Waals surface area contributed by atoms with Gasteiger partial charge in [-0.05, 0) is 62.5 Å². The van der Waals surface area contributed by atoms with E-state index in [9.17, 15) is 23.5 Å². The fraction of sp³-hybridized carbons (Fsp3) is 0.579. The molecule has 140 valence electrons. The first-order valence-electron chi connectivity index (χ1n) is 8.92. The Balaban J connectivity index is 1.36. The summed E-state index contributed by atoms with van der Waals surface area (Å²) in [5, 5.41) is 13.1. The molecule has 0 aliphatic heterocycles. The monoisotopic (exact) mass is 365 g/mol. The van der Waals surface area contributed by atoms with Crippen LogP contribution >= 0.6 is 0 Å². The molecule has 2 atom stereocenters. The average molecular weight is 365 g/mol. The lowest BCUT2D eigenvalue weighted by Gasteiger charge is -2.58. The van der Waals surface area contributed by atoms with Crippen LogP contribution < -0.4 is 5.32 Å². The molecule has 26 heavy (non-hydrogen) atoms. The predicted octanol–water partition coefficient (Wildman–Crippen LogP) is 2.78. The van der Waals surface area contributed by atoms with Crippen molar-refractivity contribution >= 4 is 17.6 Å². The highest BCUT2D eigenvalue weighted by Crippen LogP contribution is 2.61. The lowest BCUT2D eigenvalue weighted by molar-refractivity contribution is -0.196. The molecule has 5 rings (SSSR count). The Bertz CT molecular complexity index is 752. The third-order valence-electron chi connectivity index (χ3n) is 6.00. The molecule has 4 aliphatic carbocycles. The number of nitrogens with one attached hydrogen (secondary N) is 1. The summed E-state index contributed by atoms with van der Waals surface area (Å²) < 4.78 is 31.3. The van der Waals surface area contributed by atoms with Crippen molar-refractivity contribution in [3.05, 3.63) is 29.8 Å². The van der Waals surface area contributed by atoms with E-state index in [-0.39, 0.29) is 5.69 Å². The first-order chi connectivity index (χ1) is 12.3. The van der Waals surface area contributed by atoms with Crippen LogP contribution in [0.5, 0.6) is 0 Å². The van der Waals surface area contributed by atoms with Crippen molar-refractivity contribution in [2.75, 3.05) is 11.9 Å². The van der Waals surface area contributed by atoms with Crippen LogP contribution in [0.4, 0.5) is 14.5 Å². The Morgan fingerprint density at radius 1 is 1.15 bits per heavy atom. The third kappa shape index (κ3) is 3.09. The third-order valence-corrected chi connectivity index (χ3v) is 6.00. The Morgan fingerprint density at radius 3 is 2.46 bits per heavy atom. The molecule has 5 nitrogen and oxygen atoms in total. The number of rotatable bonds is 4. The Labute approximate surface area is 149 Å². The number of hydrogen-bond acceptors (Lipinski definition) is 4. The second kappa shape index (κ2) is 6.01. The molecule has 1 amide bonds. The highest BCUT2D eigenvalue weighted by molar-refractivity contribution is 5.93. The molecule has 0 radical (unpaired) electrons. The first kappa shape index (κ1) is 17.4. The molecule has 4 fully saturated rings. The van der Waals surface area contributed by atoms with Gasteiger partial charge in [-0.2, -0.15) is 0 Å². The second-order valence-corrected chi connectivity index (χ2v) is 8.22. The van der Waals surface area contributed by atoms with Gasteiger partial charge in [0.25, 0.3) is 5.91 Å². The van der Waals surface area contributed by atoms with Crippen molar-refractivity contribution in [2.45, 2.75) is 44.1 Å². The highest BCUT2D eigenvalue weighted by atomic mass is 19.2. The summed E-state index contributed by atoms with van der Waals surface area (Å²) in [5.74, 6) is -2.45. The largest absolute Gasteiger partial charge is 0.455 e. The van der Waals surface area contributed by atoms with E-state index in [1.807, 2.05) is 0 Å². The zero-order valence-electron chi connectivity index (χ0n) is 14.3. The molecular weight excluding hydrogens is 344 g/mol. The number of amides is 1. The van der Waals surface area contributed by atoms with E-state index in [4.69, 9.17) is 4.74 Å². The van der Waals surface area contributed by atoms with Crippen LogP contribution in [0.2, 0.25) is 0 Å². The Morgan fingerprint density at radius 2 is 1.85 bits per heavy atom. The number of aliphatic hydroxyl groups is 1. The lowest BCUT2D eigenvalue weighted by Crippen LogP contribution is -2.58. The van der Waals surface area contributed by atoms with Crippen molar-refractivity contribution < 1.29 is 28.2 Å². The number of carbonyl (C=O) groups is 2. The topological polar surface area (TPSA) is 75.6 Å². The molecule has 0 aromatic heterocycles. The summed E-state index contributed by atoms with van der Waals surface area (Å²) in [6.07, 6.45) is 4.35. The molecule has 0 saturated heterocycles. The minimum atomic E-state index is -1.07. The van der Waals surface area contributed by atoms with Gasteiger partial charge in [0.15, 0.2) is 18.2 Å². The lowest BCUT2D eigenvalue weighted by atomic mass is 9.48. The SMILES string of the molecule is O=C(COC(=O)C12CC3CC(CC(O)(C3)C1)C2)Nc1ccc(F)c(F)c1. The normalized spacial score (nSPS) is 34.6. The van der Waals surface area contributed by atoms with E-state index in [1.165, 1.54) is 6.07 Å². The van der Waals surface area contributed by atoms with Gasteiger partial charge in [0.2, 0.25) is 0 Å². The van der Waals surface area contributed by atoms with Gasteiger partial charge in [0.1, 0.15) is 0 Å². The number of anilines is 1. The molecule has 0 heterocycles. The molecule has 7 heteroatoms. The molecule has 2 N–H and O–H groups in total. The Hall–Kier alpha value is -2.02. The van der Waals surface area contributed by atoms with Crippen molar-refractivity contribution in [1.82, 2.24) is 0 Å². The van der Waals surface area contributed by atoms with Crippen molar-refractivity contribution in [3.8, 4) is 0 Å². The first-order valence-corrected chi connectivity index (χ1v) is 8.92. The van der Waals surface area contributed by atoms with Crippen molar-refractivity contribution in [1.29, 1.82) is 0 Å². The minimum Gasteiger partial charge on any atom is -0.455 e. The van der Waals surface area contributed by atoms with Gasteiger partial charge in [-0.15, -0.1) is 0 Å². The van der Waals surface area contributed by atoms with E-state index in [0.717, 1.165) is 31.4 Å². The van der Waals surface area contributed by atoms with Gasteiger partial charge in [0, 0.05) is 11.8 Å². The average Bonchev–Trinajstić information content (AvgIpc) is 2.53. The van der Waals surface area contributed by atoms with Crippen molar-refractivity contribution in [3.63, 3.8) is 0 Å². The van der Waals surface area contributed by atoms with Gasteiger partial charge >= 0.3 is 5.97 Å². The van der Waals surface area contributed by atoms with Gasteiger partial charge in [-0.3, -0.25) is 9.59 Å². The van der Waals surface area contributed by atoms with Crippen LogP contribution in [0.3, 0.4) is 0 Å². The smallest absolute Gasteiger partial charge is 0.312 e. The number of halogens is 2. The fourth-order valence-corrected chi connectivity index (χ4v) is 5.51. The summed E-state index contributed by atoms with van der Waals surface area (Å²) in [6, 6.07) is 3.00. The molecule has 1 aromatic carbocycles. The van der Waals surface area contributed by atoms with Crippen LogP contribution in [-0.2, 0) is 14.3 Å². The predicted molar refractivity (Wildman–Crippen MR) is 88.0 cm³/mol. The number of hydrogen-bond donors (Lipinski definition) is 2. The van der Waals surface area contributed by atoms with Gasteiger partial charge in [-0.25, -0.2) is 8.78 Å². The number of ether oxygens (including phenoxy) is 1. The van der Waals surface area contributed by atoms with Crippen molar-refractivity contribution in [2.24, 2.45) is 17.3 Å². The van der Waals surface area contributed by atoms with E-state index >= 15 is 0 Å².